The molecule has 1 saturated heterocycles. The van der Waals surface area contributed by atoms with Gasteiger partial charge in [-0.1, -0.05) is 0 Å². The van der Waals surface area contributed by atoms with Crippen LogP contribution < -0.4 is 15.6 Å². The van der Waals surface area contributed by atoms with E-state index in [-0.39, 0.29) is 41.8 Å². The highest BCUT2D eigenvalue weighted by Crippen LogP contribution is 2.46. The number of anilines is 2. The lowest BCUT2D eigenvalue weighted by Crippen LogP contribution is -2.36. The first kappa shape index (κ1) is 34.9. The molecule has 0 bridgehead atoms. The molecule has 0 amide bonds. The summed E-state index contributed by atoms with van der Waals surface area (Å²) in [7, 11) is 0.367. The number of hydrogen-bond donors (Lipinski definition) is 4. The number of nitrogens with one attached hydrogen (secondary N) is 2. The van der Waals surface area contributed by atoms with Crippen LogP contribution in [0, 0.1) is 23.1 Å². The summed E-state index contributed by atoms with van der Waals surface area (Å²) in [6.45, 7) is 4.47. The molecule has 262 valence electrons. The van der Waals surface area contributed by atoms with Crippen LogP contribution in [0.4, 0.5) is 15.8 Å². The van der Waals surface area contributed by atoms with Crippen molar-refractivity contribution in [1.82, 2.24) is 24.4 Å². The number of rotatable bonds is 10. The standard InChI is InChI=1S/C33H36FN8O7P/c1-6-48-33(44)23-15-41(5)32-20(30(23)43)9-19(12-38-32)22-13-37-31-27(26-21(11-35)24(34)10-25(36-3)28(26)39-31)29(22)42-8-7-18(17(42)2)14-40(4)16-49-50(45,46)47/h9-10,12-13,15,17-18,36H,6-8,14,16H2,1-5H3,(H,37,39)(H2,45,46,47)/t17-,18+/m1/s1. The van der Waals surface area contributed by atoms with Gasteiger partial charge < -0.3 is 34.3 Å². The van der Waals surface area contributed by atoms with Gasteiger partial charge in [-0.3, -0.25) is 14.2 Å². The Morgan fingerprint density at radius 3 is 2.72 bits per heavy atom. The fourth-order valence-corrected chi connectivity index (χ4v) is 7.20. The van der Waals surface area contributed by atoms with E-state index in [1.54, 1.807) is 56.0 Å². The number of H-pyrrole nitrogens is 1. The van der Waals surface area contributed by atoms with Crippen molar-refractivity contribution in [3.63, 3.8) is 0 Å². The van der Waals surface area contributed by atoms with Crippen molar-refractivity contribution in [2.24, 2.45) is 13.0 Å². The number of carbonyl (C=O) groups excluding carboxylic acids is 1. The van der Waals surface area contributed by atoms with Gasteiger partial charge in [0.1, 0.15) is 35.5 Å². The third kappa shape index (κ3) is 6.19. The van der Waals surface area contributed by atoms with Gasteiger partial charge in [-0.15, -0.1) is 0 Å². The van der Waals surface area contributed by atoms with E-state index in [2.05, 4.69) is 20.2 Å². The van der Waals surface area contributed by atoms with Crippen molar-refractivity contribution in [2.45, 2.75) is 26.3 Å². The topological polar surface area (TPSA) is 199 Å². The summed E-state index contributed by atoms with van der Waals surface area (Å²) in [4.78, 5) is 61.1. The molecule has 1 aliphatic rings. The summed E-state index contributed by atoms with van der Waals surface area (Å²) >= 11 is 0. The molecule has 6 rings (SSSR count). The number of pyridine rings is 3. The highest BCUT2D eigenvalue weighted by molar-refractivity contribution is 7.46. The van der Waals surface area contributed by atoms with Crippen LogP contribution >= 0.6 is 7.82 Å². The molecule has 0 unspecified atom stereocenters. The Labute approximate surface area is 285 Å². The lowest BCUT2D eigenvalue weighted by Gasteiger charge is -2.31. The van der Waals surface area contributed by atoms with Gasteiger partial charge in [-0.2, -0.15) is 5.26 Å². The van der Waals surface area contributed by atoms with E-state index < -0.39 is 25.0 Å². The van der Waals surface area contributed by atoms with Crippen LogP contribution in [0.25, 0.3) is 44.1 Å². The summed E-state index contributed by atoms with van der Waals surface area (Å²) < 4.78 is 38.2. The van der Waals surface area contributed by atoms with Gasteiger partial charge in [0.15, 0.2) is 0 Å². The molecule has 0 saturated carbocycles. The highest BCUT2D eigenvalue weighted by Gasteiger charge is 2.36. The van der Waals surface area contributed by atoms with Crippen molar-refractivity contribution < 1.29 is 32.8 Å². The number of hydrogen-bond acceptors (Lipinski definition) is 11. The molecular weight excluding hydrogens is 670 g/mol. The predicted octanol–water partition coefficient (Wildman–Crippen LogP) is 4.07. The zero-order valence-electron chi connectivity index (χ0n) is 28.0. The maximum Gasteiger partial charge on any atom is 0.470 e. The van der Waals surface area contributed by atoms with E-state index >= 15 is 4.39 Å². The van der Waals surface area contributed by atoms with Crippen molar-refractivity contribution in [3.8, 4) is 17.2 Å². The largest absolute Gasteiger partial charge is 0.470 e. The fourth-order valence-electron chi connectivity index (χ4n) is 6.85. The maximum atomic E-state index is 15.5. The first-order chi connectivity index (χ1) is 23.8. The average Bonchev–Trinajstić information content (AvgIpc) is 3.64. The lowest BCUT2D eigenvalue weighted by atomic mass is 9.97. The average molecular weight is 707 g/mol. The molecule has 4 aromatic heterocycles. The number of fused-ring (bicyclic) bond motifs is 4. The SMILES string of the molecule is CCOC(=O)c1cn(C)c2ncc(-c3cnc4[nH]c5c(NC)cc(F)c(C#N)c5c4c3N3CC[C@@H](CN(C)COP(=O)(O)O)[C@H]3C)cc2c1=O. The Hall–Kier alpha value is -4.91. The third-order valence-electron chi connectivity index (χ3n) is 9.22. The minimum atomic E-state index is -4.66. The highest BCUT2D eigenvalue weighted by atomic mass is 31.2. The van der Waals surface area contributed by atoms with Crippen LogP contribution in [0.15, 0.2) is 35.5 Å². The normalized spacial score (nSPS) is 16.5. The molecule has 5 heterocycles. The first-order valence-corrected chi connectivity index (χ1v) is 17.4. The van der Waals surface area contributed by atoms with Gasteiger partial charge in [-0.25, -0.2) is 23.7 Å². The minimum absolute atomic E-state index is 0.0100. The van der Waals surface area contributed by atoms with Crippen molar-refractivity contribution in [1.29, 1.82) is 5.26 Å². The molecule has 1 fully saturated rings. The quantitative estimate of drug-likeness (QED) is 0.0922. The molecule has 0 aliphatic carbocycles. The van der Waals surface area contributed by atoms with E-state index in [1.165, 1.54) is 12.3 Å². The predicted molar refractivity (Wildman–Crippen MR) is 185 cm³/mol. The van der Waals surface area contributed by atoms with E-state index in [4.69, 9.17) is 14.2 Å². The van der Waals surface area contributed by atoms with E-state index in [0.29, 0.717) is 69.6 Å². The number of aromatic amines is 1. The van der Waals surface area contributed by atoms with Gasteiger partial charge in [0.2, 0.25) is 5.43 Å². The molecule has 17 heteroatoms. The number of aryl methyl sites for hydroxylation is 1. The van der Waals surface area contributed by atoms with Gasteiger partial charge in [0, 0.05) is 74.4 Å². The molecule has 15 nitrogen and oxygen atoms in total. The van der Waals surface area contributed by atoms with Crippen LogP contribution in [0.3, 0.4) is 0 Å². The van der Waals surface area contributed by atoms with Crippen LogP contribution in [0.1, 0.15) is 36.2 Å². The Morgan fingerprint density at radius 2 is 2.04 bits per heavy atom. The number of aromatic nitrogens is 4. The number of ether oxygens (including phenoxy) is 1. The number of carbonyl (C=O) groups is 1. The summed E-state index contributed by atoms with van der Waals surface area (Å²) in [5.74, 6) is -1.44. The molecule has 0 radical (unpaired) electrons. The van der Waals surface area contributed by atoms with Gasteiger partial charge in [-0.05, 0) is 39.3 Å². The summed E-state index contributed by atoms with van der Waals surface area (Å²) in [6.07, 6.45) is 5.32. The van der Waals surface area contributed by atoms with Gasteiger partial charge in [0.05, 0.1) is 39.8 Å². The van der Waals surface area contributed by atoms with Gasteiger partial charge in [0.25, 0.3) is 0 Å². The molecular formula is C33H36FN8O7P. The molecule has 5 aromatic rings. The minimum Gasteiger partial charge on any atom is -0.462 e. The van der Waals surface area contributed by atoms with Crippen LogP contribution in [-0.4, -0.2) is 86.7 Å². The molecule has 1 aromatic carbocycles. The van der Waals surface area contributed by atoms with Crippen LogP contribution in [-0.2, 0) is 20.9 Å². The second kappa shape index (κ2) is 13.4. The van der Waals surface area contributed by atoms with Crippen LogP contribution in [0.5, 0.6) is 0 Å². The molecule has 0 spiro atoms. The molecule has 1 aliphatic heterocycles. The van der Waals surface area contributed by atoms with E-state index in [9.17, 15) is 29.2 Å². The number of phosphoric ester groups is 1. The zero-order valence-corrected chi connectivity index (χ0v) is 28.9. The number of nitriles is 1. The second-order valence-corrected chi connectivity index (χ2v) is 13.6. The van der Waals surface area contributed by atoms with Crippen molar-refractivity contribution in [3.05, 3.63) is 57.9 Å². The summed E-state index contributed by atoms with van der Waals surface area (Å²) in [5.41, 5.74) is 2.53. The Morgan fingerprint density at radius 1 is 1.28 bits per heavy atom. The number of benzene rings is 1. The monoisotopic (exact) mass is 706 g/mol. The Bertz CT molecular complexity index is 2310. The maximum absolute atomic E-state index is 15.5. The number of esters is 1. The lowest BCUT2D eigenvalue weighted by molar-refractivity contribution is 0.0524. The zero-order chi connectivity index (χ0) is 36.1. The first-order valence-electron chi connectivity index (χ1n) is 15.8. The van der Waals surface area contributed by atoms with E-state index in [0.717, 1.165) is 0 Å². The second-order valence-electron chi connectivity index (χ2n) is 12.3. The van der Waals surface area contributed by atoms with Crippen molar-refractivity contribution in [2.75, 3.05) is 50.7 Å². The number of nitrogens with zero attached hydrogens (tertiary/aromatic N) is 6. The fraction of sp³-hybridized carbons (Fsp3) is 0.364. The number of phosphoric acid groups is 1. The smallest absolute Gasteiger partial charge is 0.462 e. The van der Waals surface area contributed by atoms with E-state index in [1.807, 2.05) is 13.0 Å². The number of halogens is 1. The molecule has 2 atom stereocenters. The molecule has 4 N–H and O–H groups in total. The molecule has 50 heavy (non-hydrogen) atoms. The summed E-state index contributed by atoms with van der Waals surface area (Å²) in [5, 5.41) is 14.2. The van der Waals surface area contributed by atoms with Crippen molar-refractivity contribution >= 4 is 58.1 Å². The van der Waals surface area contributed by atoms with Crippen LogP contribution in [0.2, 0.25) is 0 Å². The van der Waals surface area contributed by atoms with Gasteiger partial charge >= 0.3 is 13.8 Å². The third-order valence-corrected chi connectivity index (χ3v) is 9.67. The Kier molecular flexibility index (Phi) is 9.38. The Balaban J connectivity index is 1.58. The summed E-state index contributed by atoms with van der Waals surface area (Å²) in [6, 6.07) is 4.76.